The first kappa shape index (κ1) is 18.3. The lowest BCUT2D eigenvalue weighted by molar-refractivity contribution is 0.675. The molecule has 0 saturated heterocycles. The topological polar surface area (TPSA) is 0 Å². The molecule has 0 fully saturated rings. The van der Waals surface area contributed by atoms with Crippen LogP contribution in [0, 0.1) is 13.8 Å². The Morgan fingerprint density at radius 1 is 0.750 bits per heavy atom. The van der Waals surface area contributed by atoms with Gasteiger partial charge in [-0.3, -0.25) is 0 Å². The summed E-state index contributed by atoms with van der Waals surface area (Å²) < 4.78 is 0. The molecule has 0 radical (unpaired) electrons. The van der Waals surface area contributed by atoms with Crippen molar-refractivity contribution in [3.63, 3.8) is 0 Å². The van der Waals surface area contributed by atoms with Crippen LogP contribution in [0.4, 0.5) is 0 Å². The molecule has 3 aromatic carbocycles. The van der Waals surface area contributed by atoms with Gasteiger partial charge in [0.15, 0.2) is 0 Å². The molecule has 0 aromatic heterocycles. The summed E-state index contributed by atoms with van der Waals surface area (Å²) in [6.07, 6.45) is 12.7. The summed E-state index contributed by atoms with van der Waals surface area (Å²) in [5, 5.41) is 0. The third kappa shape index (κ3) is 3.64. The maximum absolute atomic E-state index is 2.39. The normalized spacial score (nSPS) is 19.0. The van der Waals surface area contributed by atoms with E-state index < -0.39 is 0 Å². The minimum atomic E-state index is -0.118. The molecular weight excluding hydrogens is 336 g/mol. The quantitative estimate of drug-likeness (QED) is 0.457. The molecule has 0 aliphatic heterocycles. The predicted octanol–water partition coefficient (Wildman–Crippen LogP) is 7.30. The first-order valence-electron chi connectivity index (χ1n) is 9.94. The molecule has 0 bridgehead atoms. The largest absolute Gasteiger partial charge is 0.0751 e. The average molecular weight is 363 g/mol. The first-order chi connectivity index (χ1) is 13.7. The first-order valence-corrected chi connectivity index (χ1v) is 9.94. The Balaban J connectivity index is 1.74. The Bertz CT molecular complexity index is 1050. The summed E-state index contributed by atoms with van der Waals surface area (Å²) in [5.41, 5.74) is 7.78. The molecule has 0 heterocycles. The van der Waals surface area contributed by atoms with Crippen molar-refractivity contribution >= 4 is 11.6 Å². The minimum absolute atomic E-state index is 0.118. The smallest absolute Gasteiger partial charge is 0.0356 e. The van der Waals surface area contributed by atoms with Gasteiger partial charge in [-0.05, 0) is 53.7 Å². The molecular formula is C28H26. The van der Waals surface area contributed by atoms with Gasteiger partial charge in [0.1, 0.15) is 0 Å². The highest BCUT2D eigenvalue weighted by Gasteiger charge is 2.29. The molecule has 28 heavy (non-hydrogen) atoms. The highest BCUT2D eigenvalue weighted by atomic mass is 14.3. The zero-order valence-corrected chi connectivity index (χ0v) is 16.6. The van der Waals surface area contributed by atoms with Gasteiger partial charge in [-0.25, -0.2) is 0 Å². The van der Waals surface area contributed by atoms with E-state index in [0.29, 0.717) is 0 Å². The molecule has 0 spiro atoms. The van der Waals surface area contributed by atoms with Gasteiger partial charge in [0.2, 0.25) is 0 Å². The third-order valence-electron chi connectivity index (χ3n) is 5.70. The van der Waals surface area contributed by atoms with Gasteiger partial charge in [-0.1, -0.05) is 109 Å². The average Bonchev–Trinajstić information content (AvgIpc) is 2.74. The molecule has 0 saturated carbocycles. The van der Waals surface area contributed by atoms with Gasteiger partial charge in [-0.15, -0.1) is 0 Å². The highest BCUT2D eigenvalue weighted by molar-refractivity contribution is 5.78. The number of allylic oxidation sites excluding steroid dienone is 5. The van der Waals surface area contributed by atoms with Crippen molar-refractivity contribution in [3.05, 3.63) is 131 Å². The van der Waals surface area contributed by atoms with Crippen LogP contribution < -0.4 is 0 Å². The second-order valence-electron chi connectivity index (χ2n) is 7.61. The molecule has 4 rings (SSSR count). The Labute approximate surface area is 168 Å². The van der Waals surface area contributed by atoms with Gasteiger partial charge in [0, 0.05) is 5.41 Å². The Morgan fingerprint density at radius 2 is 1.43 bits per heavy atom. The van der Waals surface area contributed by atoms with Crippen LogP contribution in [-0.4, -0.2) is 0 Å². The Hall–Kier alpha value is -3.12. The van der Waals surface area contributed by atoms with Crippen molar-refractivity contribution < 1.29 is 0 Å². The molecule has 1 atom stereocenters. The SMILES string of the molecule is Cc1ccccc1C1=CCC(C=Cc2ccccc2)(c2ccccc2C)C=C1. The van der Waals surface area contributed by atoms with Crippen LogP contribution in [0.15, 0.2) is 103 Å². The van der Waals surface area contributed by atoms with Crippen molar-refractivity contribution in [2.24, 2.45) is 0 Å². The van der Waals surface area contributed by atoms with Crippen LogP contribution in [0.1, 0.15) is 34.2 Å². The van der Waals surface area contributed by atoms with Gasteiger partial charge >= 0.3 is 0 Å². The zero-order chi connectivity index (χ0) is 19.4. The van der Waals surface area contributed by atoms with Crippen molar-refractivity contribution in [3.8, 4) is 0 Å². The minimum Gasteiger partial charge on any atom is -0.0751 e. The maximum atomic E-state index is 2.39. The molecule has 1 unspecified atom stereocenters. The number of aryl methyl sites for hydroxylation is 2. The fraction of sp³-hybridized carbons (Fsp3) is 0.143. The summed E-state index contributed by atoms with van der Waals surface area (Å²) in [6.45, 7) is 4.39. The van der Waals surface area contributed by atoms with Gasteiger partial charge in [0.05, 0.1) is 0 Å². The third-order valence-corrected chi connectivity index (χ3v) is 5.70. The summed E-state index contributed by atoms with van der Waals surface area (Å²) >= 11 is 0. The monoisotopic (exact) mass is 362 g/mol. The highest BCUT2D eigenvalue weighted by Crippen LogP contribution is 2.40. The molecule has 0 heteroatoms. The van der Waals surface area contributed by atoms with Gasteiger partial charge in [0.25, 0.3) is 0 Å². The molecule has 0 N–H and O–H groups in total. The maximum Gasteiger partial charge on any atom is 0.0356 e. The number of hydrogen-bond acceptors (Lipinski definition) is 0. The lowest BCUT2D eigenvalue weighted by Gasteiger charge is -2.32. The van der Waals surface area contributed by atoms with Crippen molar-refractivity contribution in [2.75, 3.05) is 0 Å². The van der Waals surface area contributed by atoms with Gasteiger partial charge in [-0.2, -0.15) is 0 Å². The Kier molecular flexibility index (Phi) is 5.12. The van der Waals surface area contributed by atoms with Crippen LogP contribution in [-0.2, 0) is 5.41 Å². The van der Waals surface area contributed by atoms with E-state index in [4.69, 9.17) is 0 Å². The molecule has 0 nitrogen and oxygen atoms in total. The van der Waals surface area contributed by atoms with Crippen LogP contribution in [0.25, 0.3) is 11.6 Å². The fourth-order valence-corrected chi connectivity index (χ4v) is 4.07. The number of rotatable bonds is 4. The summed E-state index contributed by atoms with van der Waals surface area (Å²) in [4.78, 5) is 0. The molecule has 138 valence electrons. The zero-order valence-electron chi connectivity index (χ0n) is 16.6. The van der Waals surface area contributed by atoms with E-state index in [1.54, 1.807) is 0 Å². The predicted molar refractivity (Wildman–Crippen MR) is 121 cm³/mol. The lowest BCUT2D eigenvalue weighted by atomic mass is 9.71. The number of benzene rings is 3. The van der Waals surface area contributed by atoms with Crippen LogP contribution in [0.2, 0.25) is 0 Å². The van der Waals surface area contributed by atoms with Gasteiger partial charge < -0.3 is 0 Å². The summed E-state index contributed by atoms with van der Waals surface area (Å²) in [5.74, 6) is 0. The molecule has 0 amide bonds. The summed E-state index contributed by atoms with van der Waals surface area (Å²) in [6, 6.07) is 27.9. The standard InChI is InChI=1S/C28H26/c1-22-10-6-8-14-26(22)25-17-20-28(21-18-25,27-15-9-7-11-23(27)2)19-16-24-12-4-3-5-13-24/h3-20H,21H2,1-2H3. The van der Waals surface area contributed by atoms with E-state index >= 15 is 0 Å². The van der Waals surface area contributed by atoms with Crippen LogP contribution in [0.5, 0.6) is 0 Å². The van der Waals surface area contributed by atoms with E-state index in [2.05, 4.69) is 123 Å². The molecule has 3 aromatic rings. The van der Waals surface area contributed by atoms with Crippen LogP contribution >= 0.6 is 0 Å². The van der Waals surface area contributed by atoms with E-state index in [0.717, 1.165) is 6.42 Å². The molecule has 1 aliphatic carbocycles. The summed E-state index contributed by atoms with van der Waals surface area (Å²) in [7, 11) is 0. The van der Waals surface area contributed by atoms with E-state index in [9.17, 15) is 0 Å². The van der Waals surface area contributed by atoms with Crippen molar-refractivity contribution in [2.45, 2.75) is 25.7 Å². The second-order valence-corrected chi connectivity index (χ2v) is 7.61. The fourth-order valence-electron chi connectivity index (χ4n) is 4.07. The van der Waals surface area contributed by atoms with Crippen molar-refractivity contribution in [1.82, 2.24) is 0 Å². The number of hydrogen-bond donors (Lipinski definition) is 0. The van der Waals surface area contributed by atoms with Crippen molar-refractivity contribution in [1.29, 1.82) is 0 Å². The molecule has 1 aliphatic rings. The Morgan fingerprint density at radius 3 is 2.11 bits per heavy atom. The van der Waals surface area contributed by atoms with Crippen LogP contribution in [0.3, 0.4) is 0 Å². The second kappa shape index (κ2) is 7.86. The van der Waals surface area contributed by atoms with E-state index in [-0.39, 0.29) is 5.41 Å². The lowest BCUT2D eigenvalue weighted by Crippen LogP contribution is -2.23. The van der Waals surface area contributed by atoms with E-state index in [1.807, 2.05) is 0 Å². The van der Waals surface area contributed by atoms with E-state index in [1.165, 1.54) is 33.4 Å².